The SMILES string of the molecule is N#Cc1csc(C(F)(F)CN)c1. The van der Waals surface area contributed by atoms with Crippen LogP contribution in [0.4, 0.5) is 8.78 Å². The van der Waals surface area contributed by atoms with Crippen molar-refractivity contribution in [2.24, 2.45) is 5.73 Å². The van der Waals surface area contributed by atoms with Crippen LogP contribution in [-0.4, -0.2) is 6.54 Å². The first-order valence-electron chi connectivity index (χ1n) is 3.17. The van der Waals surface area contributed by atoms with Gasteiger partial charge in [-0.15, -0.1) is 11.3 Å². The summed E-state index contributed by atoms with van der Waals surface area (Å²) >= 11 is 0.853. The largest absolute Gasteiger partial charge is 0.325 e. The number of nitriles is 1. The Morgan fingerprint density at radius 1 is 1.67 bits per heavy atom. The van der Waals surface area contributed by atoms with Gasteiger partial charge in [0, 0.05) is 5.38 Å². The molecule has 12 heavy (non-hydrogen) atoms. The second-order valence-corrected chi connectivity index (χ2v) is 3.13. The number of nitrogens with zero attached hydrogens (tertiary/aromatic N) is 1. The van der Waals surface area contributed by atoms with Gasteiger partial charge in [-0.3, -0.25) is 0 Å². The Balaban J connectivity index is 2.98. The highest BCUT2D eigenvalue weighted by Crippen LogP contribution is 2.31. The quantitative estimate of drug-likeness (QED) is 0.767. The average Bonchev–Trinajstić information content (AvgIpc) is 2.52. The van der Waals surface area contributed by atoms with Gasteiger partial charge in [0.15, 0.2) is 0 Å². The molecule has 0 amide bonds. The molecule has 0 aliphatic carbocycles. The molecule has 0 unspecified atom stereocenters. The summed E-state index contributed by atoms with van der Waals surface area (Å²) in [5.41, 5.74) is 5.12. The van der Waals surface area contributed by atoms with E-state index in [0.29, 0.717) is 0 Å². The average molecular weight is 188 g/mol. The fraction of sp³-hybridized carbons (Fsp3) is 0.286. The van der Waals surface area contributed by atoms with E-state index in [2.05, 4.69) is 0 Å². The molecule has 1 aromatic rings. The summed E-state index contributed by atoms with van der Waals surface area (Å²) in [6.45, 7) is -0.724. The molecule has 1 aromatic heterocycles. The maximum absolute atomic E-state index is 12.8. The van der Waals surface area contributed by atoms with Crippen molar-refractivity contribution in [1.82, 2.24) is 0 Å². The number of nitrogens with two attached hydrogens (primary N) is 1. The Morgan fingerprint density at radius 2 is 2.33 bits per heavy atom. The van der Waals surface area contributed by atoms with Gasteiger partial charge in [0.05, 0.1) is 17.0 Å². The van der Waals surface area contributed by atoms with Gasteiger partial charge in [-0.2, -0.15) is 14.0 Å². The molecule has 0 fully saturated rings. The highest BCUT2D eigenvalue weighted by atomic mass is 32.1. The summed E-state index contributed by atoms with van der Waals surface area (Å²) in [5, 5.41) is 9.76. The second-order valence-electron chi connectivity index (χ2n) is 2.22. The molecule has 2 N–H and O–H groups in total. The van der Waals surface area contributed by atoms with E-state index in [-0.39, 0.29) is 10.4 Å². The Kier molecular flexibility index (Phi) is 2.40. The predicted octanol–water partition coefficient (Wildman–Crippen LogP) is 1.67. The van der Waals surface area contributed by atoms with E-state index in [1.165, 1.54) is 5.38 Å². The van der Waals surface area contributed by atoms with Gasteiger partial charge in [-0.05, 0) is 6.07 Å². The van der Waals surface area contributed by atoms with Crippen molar-refractivity contribution in [1.29, 1.82) is 5.26 Å². The molecule has 0 aromatic carbocycles. The number of thiophene rings is 1. The summed E-state index contributed by atoms with van der Waals surface area (Å²) in [7, 11) is 0. The van der Waals surface area contributed by atoms with Gasteiger partial charge < -0.3 is 5.73 Å². The van der Waals surface area contributed by atoms with Crippen molar-refractivity contribution >= 4 is 11.3 Å². The minimum atomic E-state index is -3.00. The zero-order valence-electron chi connectivity index (χ0n) is 6.05. The molecule has 64 valence electrons. The van der Waals surface area contributed by atoms with Gasteiger partial charge in [0.2, 0.25) is 0 Å². The summed E-state index contributed by atoms with van der Waals surface area (Å²) in [6, 6.07) is 2.94. The zero-order chi connectivity index (χ0) is 9.19. The fourth-order valence-corrected chi connectivity index (χ4v) is 1.51. The smallest absolute Gasteiger partial charge is 0.294 e. The van der Waals surface area contributed by atoms with E-state index in [1.807, 2.05) is 0 Å². The third-order valence-electron chi connectivity index (χ3n) is 1.35. The Hall–Kier alpha value is -0.990. The zero-order valence-corrected chi connectivity index (χ0v) is 6.87. The second kappa shape index (κ2) is 3.17. The van der Waals surface area contributed by atoms with E-state index < -0.39 is 12.5 Å². The molecule has 0 radical (unpaired) electrons. The molecule has 0 spiro atoms. The number of hydrogen-bond donors (Lipinski definition) is 1. The summed E-state index contributed by atoms with van der Waals surface area (Å²) < 4.78 is 25.6. The number of alkyl halides is 2. The van der Waals surface area contributed by atoms with Gasteiger partial charge in [-0.1, -0.05) is 0 Å². The van der Waals surface area contributed by atoms with Crippen LogP contribution in [0.5, 0.6) is 0 Å². The maximum Gasteiger partial charge on any atom is 0.294 e. The van der Waals surface area contributed by atoms with Crippen LogP contribution in [0.1, 0.15) is 10.4 Å². The lowest BCUT2D eigenvalue weighted by molar-refractivity contribution is 0.00988. The molecule has 1 heterocycles. The molecule has 0 saturated carbocycles. The lowest BCUT2D eigenvalue weighted by atomic mass is 10.2. The van der Waals surface area contributed by atoms with Crippen molar-refractivity contribution in [3.8, 4) is 6.07 Å². The monoisotopic (exact) mass is 188 g/mol. The van der Waals surface area contributed by atoms with Crippen molar-refractivity contribution in [2.75, 3.05) is 6.54 Å². The topological polar surface area (TPSA) is 49.8 Å². The third kappa shape index (κ3) is 1.60. The minimum absolute atomic E-state index is 0.151. The first-order valence-corrected chi connectivity index (χ1v) is 4.05. The molecule has 0 bridgehead atoms. The van der Waals surface area contributed by atoms with Gasteiger partial charge >= 0.3 is 0 Å². The third-order valence-corrected chi connectivity index (χ3v) is 2.39. The van der Waals surface area contributed by atoms with Crippen molar-refractivity contribution in [3.05, 3.63) is 21.9 Å². The van der Waals surface area contributed by atoms with Crippen LogP contribution in [0.15, 0.2) is 11.4 Å². The number of halogens is 2. The van der Waals surface area contributed by atoms with E-state index >= 15 is 0 Å². The predicted molar refractivity (Wildman–Crippen MR) is 42.0 cm³/mol. The molecule has 0 saturated heterocycles. The van der Waals surface area contributed by atoms with E-state index in [9.17, 15) is 8.78 Å². The lowest BCUT2D eigenvalue weighted by Crippen LogP contribution is -2.23. The number of rotatable bonds is 2. The fourth-order valence-electron chi connectivity index (χ4n) is 0.687. The van der Waals surface area contributed by atoms with E-state index in [1.54, 1.807) is 6.07 Å². The van der Waals surface area contributed by atoms with Gasteiger partial charge in [0.1, 0.15) is 6.07 Å². The van der Waals surface area contributed by atoms with Crippen LogP contribution in [0, 0.1) is 11.3 Å². The highest BCUT2D eigenvalue weighted by molar-refractivity contribution is 7.10. The minimum Gasteiger partial charge on any atom is -0.325 e. The standard InChI is InChI=1S/C7H6F2N2S/c8-7(9,4-11)6-1-5(2-10)3-12-6/h1,3H,4,11H2. The van der Waals surface area contributed by atoms with E-state index in [0.717, 1.165) is 17.4 Å². The summed E-state index contributed by atoms with van der Waals surface area (Å²) in [6.07, 6.45) is 0. The molecule has 1 rings (SSSR count). The number of hydrogen-bond acceptors (Lipinski definition) is 3. The Labute approximate surface area is 72.2 Å². The molecule has 0 aliphatic heterocycles. The van der Waals surface area contributed by atoms with Crippen molar-refractivity contribution in [2.45, 2.75) is 5.92 Å². The summed E-state index contributed by atoms with van der Waals surface area (Å²) in [5.74, 6) is -3.00. The molecular weight excluding hydrogens is 182 g/mol. The van der Waals surface area contributed by atoms with Crippen LogP contribution < -0.4 is 5.73 Å². The van der Waals surface area contributed by atoms with Crippen LogP contribution in [0.2, 0.25) is 0 Å². The molecule has 2 nitrogen and oxygen atoms in total. The summed E-state index contributed by atoms with van der Waals surface area (Å²) in [4.78, 5) is -0.151. The molecular formula is C7H6F2N2S. The van der Waals surface area contributed by atoms with Gasteiger partial charge in [0.25, 0.3) is 5.92 Å². The first kappa shape index (κ1) is 9.10. The molecule has 0 atom stereocenters. The highest BCUT2D eigenvalue weighted by Gasteiger charge is 2.31. The van der Waals surface area contributed by atoms with Crippen molar-refractivity contribution in [3.63, 3.8) is 0 Å². The van der Waals surface area contributed by atoms with Crippen LogP contribution in [0.25, 0.3) is 0 Å². The van der Waals surface area contributed by atoms with Gasteiger partial charge in [-0.25, -0.2) is 0 Å². The van der Waals surface area contributed by atoms with E-state index in [4.69, 9.17) is 11.0 Å². The van der Waals surface area contributed by atoms with Crippen LogP contribution >= 0.6 is 11.3 Å². The van der Waals surface area contributed by atoms with Crippen LogP contribution in [-0.2, 0) is 5.92 Å². The molecule has 0 aliphatic rings. The van der Waals surface area contributed by atoms with Crippen molar-refractivity contribution < 1.29 is 8.78 Å². The molecule has 5 heteroatoms. The Morgan fingerprint density at radius 3 is 2.75 bits per heavy atom. The van der Waals surface area contributed by atoms with Crippen LogP contribution in [0.3, 0.4) is 0 Å². The normalized spacial score (nSPS) is 11.2. The first-order chi connectivity index (χ1) is 5.60. The Bertz CT molecular complexity index is 313. The lowest BCUT2D eigenvalue weighted by Gasteiger charge is -2.09. The maximum atomic E-state index is 12.8.